The summed E-state index contributed by atoms with van der Waals surface area (Å²) in [6.45, 7) is 4.39. The third-order valence-electron chi connectivity index (χ3n) is 2.09. The zero-order valence-electron chi connectivity index (χ0n) is 9.50. The van der Waals surface area contributed by atoms with Crippen LogP contribution in [0.25, 0.3) is 0 Å². The maximum Gasteiger partial charge on any atom is 0.261 e. The van der Waals surface area contributed by atoms with Crippen LogP contribution in [0.4, 0.5) is 0 Å². The number of likely N-dealkylation sites (N-methyl/N-ethyl adjacent to an activating group) is 1. The molecule has 0 radical (unpaired) electrons. The molecule has 0 aliphatic carbocycles. The predicted octanol–water partition coefficient (Wildman–Crippen LogP) is 2.63. The molecule has 0 saturated carbocycles. The van der Waals surface area contributed by atoms with Crippen LogP contribution >= 0.6 is 11.6 Å². The molecular weight excluding hydrogens is 226 g/mol. The summed E-state index contributed by atoms with van der Waals surface area (Å²) < 4.78 is 5.56. The maximum absolute atomic E-state index is 11.6. The van der Waals surface area contributed by atoms with Gasteiger partial charge in [0.2, 0.25) is 0 Å². The molecule has 0 unspecified atom stereocenters. The molecule has 0 aliphatic rings. The molecule has 88 valence electrons. The second-order valence-corrected chi connectivity index (χ2v) is 3.80. The van der Waals surface area contributed by atoms with Gasteiger partial charge in [0.05, 0.1) is 0 Å². The first kappa shape index (κ1) is 12.8. The van der Waals surface area contributed by atoms with Gasteiger partial charge in [0, 0.05) is 11.6 Å². The lowest BCUT2D eigenvalue weighted by Gasteiger charge is -2.16. The van der Waals surface area contributed by atoms with E-state index in [9.17, 15) is 4.79 Å². The number of nitrogens with one attached hydrogen (secondary N) is 1. The summed E-state index contributed by atoms with van der Waals surface area (Å²) in [5.41, 5.74) is 0. The number of rotatable bonds is 5. The molecule has 0 saturated heterocycles. The lowest BCUT2D eigenvalue weighted by Crippen LogP contribution is -2.37. The number of ether oxygens (including phenoxy) is 1. The lowest BCUT2D eigenvalue weighted by molar-refractivity contribution is -0.128. The zero-order valence-corrected chi connectivity index (χ0v) is 10.3. The van der Waals surface area contributed by atoms with Gasteiger partial charge in [-0.3, -0.25) is 4.79 Å². The maximum atomic E-state index is 11.6. The molecule has 1 N–H and O–H groups in total. The molecule has 0 spiro atoms. The van der Waals surface area contributed by atoms with Crippen LogP contribution < -0.4 is 10.1 Å². The number of amides is 1. The highest BCUT2D eigenvalue weighted by atomic mass is 35.5. The Balaban J connectivity index is 2.66. The summed E-state index contributed by atoms with van der Waals surface area (Å²) in [5, 5.41) is 3.33. The van der Waals surface area contributed by atoms with Crippen molar-refractivity contribution < 1.29 is 9.53 Å². The number of benzene rings is 1. The Morgan fingerprint density at radius 2 is 2.25 bits per heavy atom. The molecule has 0 aliphatic heterocycles. The molecule has 1 rings (SSSR count). The molecule has 1 amide bonds. The Hall–Kier alpha value is -1.22. The van der Waals surface area contributed by atoms with Gasteiger partial charge in [-0.2, -0.15) is 0 Å². The van der Waals surface area contributed by atoms with Crippen molar-refractivity contribution in [1.29, 1.82) is 0 Å². The van der Waals surface area contributed by atoms with Crippen molar-refractivity contribution in [1.82, 2.24) is 5.32 Å². The minimum absolute atomic E-state index is 0.0926. The van der Waals surface area contributed by atoms with E-state index < -0.39 is 6.10 Å². The fourth-order valence-electron chi connectivity index (χ4n) is 1.31. The van der Waals surface area contributed by atoms with E-state index >= 15 is 0 Å². The van der Waals surface area contributed by atoms with Gasteiger partial charge in [0.15, 0.2) is 6.10 Å². The summed E-state index contributed by atoms with van der Waals surface area (Å²) in [7, 11) is 0. The van der Waals surface area contributed by atoms with E-state index in [4.69, 9.17) is 16.3 Å². The predicted molar refractivity (Wildman–Crippen MR) is 64.8 cm³/mol. The molecule has 0 heterocycles. The first-order valence-corrected chi connectivity index (χ1v) is 5.75. The second kappa shape index (κ2) is 6.38. The van der Waals surface area contributed by atoms with Crippen LogP contribution in [0.2, 0.25) is 5.02 Å². The summed E-state index contributed by atoms with van der Waals surface area (Å²) >= 11 is 5.83. The molecule has 0 aromatic heterocycles. The normalized spacial score (nSPS) is 11.9. The quantitative estimate of drug-likeness (QED) is 0.861. The van der Waals surface area contributed by atoms with E-state index in [1.54, 1.807) is 24.3 Å². The largest absolute Gasteiger partial charge is 0.481 e. The van der Waals surface area contributed by atoms with Crippen LogP contribution in [0.3, 0.4) is 0 Å². The van der Waals surface area contributed by atoms with E-state index in [0.717, 1.165) is 0 Å². The first-order chi connectivity index (χ1) is 7.67. The third-order valence-corrected chi connectivity index (χ3v) is 2.32. The van der Waals surface area contributed by atoms with Crippen LogP contribution in [0, 0.1) is 0 Å². The Labute approximate surface area is 101 Å². The zero-order chi connectivity index (χ0) is 12.0. The Morgan fingerprint density at radius 3 is 2.81 bits per heavy atom. The highest BCUT2D eigenvalue weighted by Gasteiger charge is 2.17. The average Bonchev–Trinajstić information content (AvgIpc) is 2.26. The van der Waals surface area contributed by atoms with Gasteiger partial charge < -0.3 is 10.1 Å². The molecule has 4 heteroatoms. The third kappa shape index (κ3) is 3.74. The minimum Gasteiger partial charge on any atom is -0.481 e. The molecule has 1 aromatic carbocycles. The van der Waals surface area contributed by atoms with Gasteiger partial charge in [-0.25, -0.2) is 0 Å². The summed E-state index contributed by atoms with van der Waals surface area (Å²) in [4.78, 5) is 11.6. The van der Waals surface area contributed by atoms with Gasteiger partial charge in [-0.1, -0.05) is 24.6 Å². The Kier molecular flexibility index (Phi) is 5.12. The topological polar surface area (TPSA) is 38.3 Å². The number of halogens is 1. The first-order valence-electron chi connectivity index (χ1n) is 5.37. The van der Waals surface area contributed by atoms with Crippen LogP contribution in [-0.4, -0.2) is 18.6 Å². The molecule has 3 nitrogen and oxygen atoms in total. The summed E-state index contributed by atoms with van der Waals surface area (Å²) in [5.74, 6) is 0.524. The fourth-order valence-corrected chi connectivity index (χ4v) is 1.50. The van der Waals surface area contributed by atoms with Crippen LogP contribution in [0.5, 0.6) is 5.75 Å². The number of carbonyl (C=O) groups excluding carboxylic acids is 1. The number of hydrogen-bond acceptors (Lipinski definition) is 2. The monoisotopic (exact) mass is 241 g/mol. The van der Waals surface area contributed by atoms with Gasteiger partial charge in [0.1, 0.15) is 5.75 Å². The van der Waals surface area contributed by atoms with Gasteiger partial charge in [0.25, 0.3) is 5.91 Å². The molecular formula is C12H16ClNO2. The van der Waals surface area contributed by atoms with E-state index in [1.807, 2.05) is 13.8 Å². The van der Waals surface area contributed by atoms with Crippen LogP contribution in [0.1, 0.15) is 20.3 Å². The average molecular weight is 242 g/mol. The molecule has 1 atom stereocenters. The highest BCUT2D eigenvalue weighted by Crippen LogP contribution is 2.19. The van der Waals surface area contributed by atoms with Crippen molar-refractivity contribution in [2.24, 2.45) is 0 Å². The highest BCUT2D eigenvalue weighted by molar-refractivity contribution is 6.30. The van der Waals surface area contributed by atoms with Crippen LogP contribution in [0.15, 0.2) is 24.3 Å². The fraction of sp³-hybridized carbons (Fsp3) is 0.417. The van der Waals surface area contributed by atoms with Gasteiger partial charge in [-0.15, -0.1) is 0 Å². The van der Waals surface area contributed by atoms with E-state index in [0.29, 0.717) is 23.7 Å². The van der Waals surface area contributed by atoms with Crippen molar-refractivity contribution in [3.8, 4) is 5.75 Å². The van der Waals surface area contributed by atoms with Gasteiger partial charge in [-0.05, 0) is 31.5 Å². The second-order valence-electron chi connectivity index (χ2n) is 3.37. The molecule has 16 heavy (non-hydrogen) atoms. The van der Waals surface area contributed by atoms with E-state index in [2.05, 4.69) is 5.32 Å². The standard InChI is InChI=1S/C12H16ClNO2/c1-3-11(12(15)14-4-2)16-10-7-5-6-9(13)8-10/h5-8,11H,3-4H2,1-2H3,(H,14,15)/t11-/m0/s1. The van der Waals surface area contributed by atoms with Crippen molar-refractivity contribution in [3.63, 3.8) is 0 Å². The van der Waals surface area contributed by atoms with Crippen molar-refractivity contribution in [2.75, 3.05) is 6.54 Å². The summed E-state index contributed by atoms with van der Waals surface area (Å²) in [6.07, 6.45) is 0.164. The molecule has 1 aromatic rings. The number of carbonyl (C=O) groups is 1. The minimum atomic E-state index is -0.460. The Bertz CT molecular complexity index is 355. The smallest absolute Gasteiger partial charge is 0.261 e. The van der Waals surface area contributed by atoms with Crippen molar-refractivity contribution >= 4 is 17.5 Å². The van der Waals surface area contributed by atoms with Crippen molar-refractivity contribution in [2.45, 2.75) is 26.4 Å². The van der Waals surface area contributed by atoms with Crippen molar-refractivity contribution in [3.05, 3.63) is 29.3 Å². The van der Waals surface area contributed by atoms with E-state index in [1.165, 1.54) is 0 Å². The lowest BCUT2D eigenvalue weighted by atomic mass is 10.2. The SMILES string of the molecule is CCNC(=O)[C@H](CC)Oc1cccc(Cl)c1. The molecule has 0 fully saturated rings. The summed E-state index contributed by atoms with van der Waals surface area (Å²) in [6, 6.07) is 7.04. The van der Waals surface area contributed by atoms with E-state index in [-0.39, 0.29) is 5.91 Å². The van der Waals surface area contributed by atoms with Crippen LogP contribution in [-0.2, 0) is 4.79 Å². The Morgan fingerprint density at radius 1 is 1.50 bits per heavy atom. The number of hydrogen-bond donors (Lipinski definition) is 1. The van der Waals surface area contributed by atoms with Gasteiger partial charge >= 0.3 is 0 Å². The molecule has 0 bridgehead atoms.